The molecule has 0 atom stereocenters. The van der Waals surface area contributed by atoms with E-state index in [4.69, 9.17) is 0 Å². The average molecular weight is 415 g/mol. The van der Waals surface area contributed by atoms with Crippen molar-refractivity contribution in [2.75, 3.05) is 18.4 Å². The Balaban J connectivity index is 1.31. The number of rotatable bonds is 9. The molecule has 2 aromatic carbocycles. The van der Waals surface area contributed by atoms with E-state index in [0.29, 0.717) is 19.5 Å². The Morgan fingerprint density at radius 2 is 1.84 bits per heavy atom. The number of aromatic nitrogens is 4. The summed E-state index contributed by atoms with van der Waals surface area (Å²) >= 11 is 0. The number of carbonyl (C=O) groups is 1. The fourth-order valence-electron chi connectivity index (χ4n) is 3.54. The van der Waals surface area contributed by atoms with Crippen LogP contribution in [0.3, 0.4) is 0 Å². The summed E-state index contributed by atoms with van der Waals surface area (Å²) in [6, 6.07) is 18.3. The molecule has 0 aliphatic heterocycles. The maximum Gasteiger partial charge on any atom is 0.224 e. The van der Waals surface area contributed by atoms with Gasteiger partial charge in [-0.3, -0.25) is 4.79 Å². The van der Waals surface area contributed by atoms with Crippen LogP contribution in [0.4, 0.5) is 5.82 Å². The Morgan fingerprint density at radius 3 is 2.68 bits per heavy atom. The number of amides is 1. The van der Waals surface area contributed by atoms with Crippen molar-refractivity contribution >= 4 is 22.8 Å². The van der Waals surface area contributed by atoms with Crippen molar-refractivity contribution in [2.24, 2.45) is 0 Å². The number of anilines is 1. The van der Waals surface area contributed by atoms with E-state index in [1.54, 1.807) is 17.2 Å². The number of nitrogens with zero attached hydrogens (tertiary/aromatic N) is 4. The molecule has 0 saturated heterocycles. The molecule has 0 aliphatic rings. The lowest BCUT2D eigenvalue weighted by atomic mass is 10.1. The quantitative estimate of drug-likeness (QED) is 0.440. The molecule has 7 nitrogen and oxygen atoms in total. The molecule has 0 radical (unpaired) electrons. The van der Waals surface area contributed by atoms with Gasteiger partial charge in [-0.05, 0) is 24.5 Å². The van der Waals surface area contributed by atoms with Gasteiger partial charge < -0.3 is 10.6 Å². The minimum absolute atomic E-state index is 0.0000415. The van der Waals surface area contributed by atoms with Crippen LogP contribution in [-0.4, -0.2) is 38.7 Å². The normalized spacial score (nSPS) is 10.9. The lowest BCUT2D eigenvalue weighted by Gasteiger charge is -2.08. The van der Waals surface area contributed by atoms with E-state index < -0.39 is 0 Å². The molecule has 2 heterocycles. The monoisotopic (exact) mass is 414 g/mol. The van der Waals surface area contributed by atoms with Crippen molar-refractivity contribution in [3.63, 3.8) is 0 Å². The first-order valence-corrected chi connectivity index (χ1v) is 10.5. The Bertz CT molecular complexity index is 1160. The topological polar surface area (TPSA) is 84.7 Å². The molecule has 0 saturated carbocycles. The highest BCUT2D eigenvalue weighted by molar-refractivity contribution is 5.86. The molecule has 0 unspecified atom stereocenters. The first-order chi connectivity index (χ1) is 15.2. The summed E-state index contributed by atoms with van der Waals surface area (Å²) in [5.74, 6) is 0.774. The Hall–Kier alpha value is -3.74. The van der Waals surface area contributed by atoms with Gasteiger partial charge in [0.05, 0.1) is 24.5 Å². The van der Waals surface area contributed by atoms with Crippen LogP contribution in [0.1, 0.15) is 16.7 Å². The lowest BCUT2D eigenvalue weighted by molar-refractivity contribution is -0.120. The van der Waals surface area contributed by atoms with Gasteiger partial charge in [-0.15, -0.1) is 0 Å². The summed E-state index contributed by atoms with van der Waals surface area (Å²) in [4.78, 5) is 21.0. The van der Waals surface area contributed by atoms with Crippen LogP contribution < -0.4 is 10.6 Å². The lowest BCUT2D eigenvalue weighted by Crippen LogP contribution is -2.28. The van der Waals surface area contributed by atoms with Gasteiger partial charge in [0.15, 0.2) is 5.65 Å². The summed E-state index contributed by atoms with van der Waals surface area (Å²) in [5, 5.41) is 11.7. The highest BCUT2D eigenvalue weighted by Crippen LogP contribution is 2.18. The summed E-state index contributed by atoms with van der Waals surface area (Å²) in [6.07, 6.45) is 4.60. The largest absolute Gasteiger partial charge is 0.369 e. The van der Waals surface area contributed by atoms with Crippen molar-refractivity contribution in [3.8, 4) is 0 Å². The maximum absolute atomic E-state index is 12.2. The zero-order valence-corrected chi connectivity index (χ0v) is 17.6. The second kappa shape index (κ2) is 9.84. The van der Waals surface area contributed by atoms with E-state index in [9.17, 15) is 4.79 Å². The Labute approximate surface area is 181 Å². The molecule has 1 amide bonds. The molecule has 2 N–H and O–H groups in total. The van der Waals surface area contributed by atoms with E-state index in [2.05, 4.69) is 37.8 Å². The van der Waals surface area contributed by atoms with Crippen molar-refractivity contribution in [1.82, 2.24) is 25.1 Å². The van der Waals surface area contributed by atoms with E-state index >= 15 is 0 Å². The van der Waals surface area contributed by atoms with Crippen LogP contribution in [0.25, 0.3) is 11.0 Å². The van der Waals surface area contributed by atoms with Gasteiger partial charge in [0.2, 0.25) is 5.91 Å². The third-order valence-electron chi connectivity index (χ3n) is 5.08. The van der Waals surface area contributed by atoms with Crippen LogP contribution in [0, 0.1) is 6.92 Å². The predicted molar refractivity (Wildman–Crippen MR) is 122 cm³/mol. The van der Waals surface area contributed by atoms with E-state index in [1.807, 2.05) is 49.4 Å². The van der Waals surface area contributed by atoms with Crippen molar-refractivity contribution < 1.29 is 4.79 Å². The molecular formula is C24H26N6O. The molecule has 4 aromatic rings. The number of fused-ring (bicyclic) bond motifs is 1. The number of hydrogen-bond donors (Lipinski definition) is 2. The summed E-state index contributed by atoms with van der Waals surface area (Å²) < 4.78 is 1.80. The average Bonchev–Trinajstić information content (AvgIpc) is 3.18. The fourth-order valence-corrected chi connectivity index (χ4v) is 3.54. The van der Waals surface area contributed by atoms with Crippen LogP contribution in [0.2, 0.25) is 0 Å². The van der Waals surface area contributed by atoms with Gasteiger partial charge in [-0.2, -0.15) is 5.10 Å². The number of aryl methyl sites for hydroxylation is 1. The number of hydrogen-bond acceptors (Lipinski definition) is 5. The third kappa shape index (κ3) is 5.45. The second-order valence-corrected chi connectivity index (χ2v) is 7.51. The SMILES string of the molecule is Cc1cccc(CC(=O)NCCn2ncc3c(NCCc4ccccc4)ncnc32)c1. The van der Waals surface area contributed by atoms with Gasteiger partial charge in [-0.1, -0.05) is 60.2 Å². The van der Waals surface area contributed by atoms with Crippen molar-refractivity contribution in [2.45, 2.75) is 26.3 Å². The molecular weight excluding hydrogens is 388 g/mol. The van der Waals surface area contributed by atoms with Crippen LogP contribution >= 0.6 is 0 Å². The van der Waals surface area contributed by atoms with Gasteiger partial charge in [0.1, 0.15) is 12.1 Å². The van der Waals surface area contributed by atoms with Gasteiger partial charge >= 0.3 is 0 Å². The molecule has 2 aromatic heterocycles. The minimum Gasteiger partial charge on any atom is -0.369 e. The first-order valence-electron chi connectivity index (χ1n) is 10.5. The second-order valence-electron chi connectivity index (χ2n) is 7.51. The van der Waals surface area contributed by atoms with E-state index in [-0.39, 0.29) is 5.91 Å². The standard InChI is InChI=1S/C24H26N6O/c1-18-6-5-9-20(14-18)15-22(31)25-12-13-30-24-21(16-29-30)23(27-17-28-24)26-11-10-19-7-3-2-4-8-19/h2-9,14,16-17H,10-13,15H2,1H3,(H,25,31)(H,26,27,28). The van der Waals surface area contributed by atoms with Crippen LogP contribution in [0.5, 0.6) is 0 Å². The Kier molecular flexibility index (Phi) is 6.52. The maximum atomic E-state index is 12.2. The zero-order chi connectivity index (χ0) is 21.5. The predicted octanol–water partition coefficient (Wildman–Crippen LogP) is 3.15. The van der Waals surface area contributed by atoms with Gasteiger partial charge in [0, 0.05) is 13.1 Å². The molecule has 31 heavy (non-hydrogen) atoms. The van der Waals surface area contributed by atoms with Crippen LogP contribution in [0.15, 0.2) is 67.1 Å². The molecule has 7 heteroatoms. The molecule has 158 valence electrons. The third-order valence-corrected chi connectivity index (χ3v) is 5.08. The fraction of sp³-hybridized carbons (Fsp3) is 0.250. The molecule has 0 aliphatic carbocycles. The molecule has 0 bridgehead atoms. The van der Waals surface area contributed by atoms with E-state index in [1.165, 1.54) is 5.56 Å². The van der Waals surface area contributed by atoms with Gasteiger partial charge in [-0.25, -0.2) is 14.6 Å². The number of nitrogens with one attached hydrogen (secondary N) is 2. The van der Waals surface area contributed by atoms with Gasteiger partial charge in [0.25, 0.3) is 0 Å². The molecule has 0 fully saturated rings. The zero-order valence-electron chi connectivity index (χ0n) is 17.6. The summed E-state index contributed by atoms with van der Waals surface area (Å²) in [6.45, 7) is 3.83. The number of benzene rings is 2. The summed E-state index contributed by atoms with van der Waals surface area (Å²) in [5.41, 5.74) is 4.20. The highest BCUT2D eigenvalue weighted by Gasteiger charge is 2.10. The minimum atomic E-state index is -0.0000415. The van der Waals surface area contributed by atoms with Crippen LogP contribution in [-0.2, 0) is 24.2 Å². The van der Waals surface area contributed by atoms with Crippen molar-refractivity contribution in [3.05, 3.63) is 83.8 Å². The number of carbonyl (C=O) groups excluding carboxylic acids is 1. The van der Waals surface area contributed by atoms with Crippen molar-refractivity contribution in [1.29, 1.82) is 0 Å². The smallest absolute Gasteiger partial charge is 0.224 e. The van der Waals surface area contributed by atoms with E-state index in [0.717, 1.165) is 40.9 Å². The highest BCUT2D eigenvalue weighted by atomic mass is 16.1. The molecule has 4 rings (SSSR count). The summed E-state index contributed by atoms with van der Waals surface area (Å²) in [7, 11) is 0. The first kappa shape index (κ1) is 20.5. The Morgan fingerprint density at radius 1 is 1.00 bits per heavy atom. The molecule has 0 spiro atoms.